The van der Waals surface area contributed by atoms with Gasteiger partial charge < -0.3 is 9.64 Å². The van der Waals surface area contributed by atoms with Gasteiger partial charge in [0.1, 0.15) is 6.10 Å². The van der Waals surface area contributed by atoms with Gasteiger partial charge in [-0.15, -0.1) is 0 Å². The lowest BCUT2D eigenvalue weighted by Gasteiger charge is -2.33. The predicted molar refractivity (Wildman–Crippen MR) is 112 cm³/mol. The smallest absolute Gasteiger partial charge is 0.240 e. The Morgan fingerprint density at radius 1 is 1.17 bits per heavy atom. The number of hydrogen-bond acceptors (Lipinski definition) is 4. The molecule has 0 radical (unpaired) electrons. The number of nitrogens with one attached hydrogen (secondary N) is 1. The number of benzene rings is 2. The molecule has 0 aliphatic carbocycles. The highest BCUT2D eigenvalue weighted by molar-refractivity contribution is 7.89. The first-order valence-electron chi connectivity index (χ1n) is 9.88. The lowest BCUT2D eigenvalue weighted by Crippen LogP contribution is -2.42. The standard InChI is InChI=1S/C22H28N2O4S/c1-17-10-11-18(2)21(15-17)29(26,27)23-12-6-9-22(25)24-13-14-28-20(16-24)19-7-4-3-5-8-19/h3-5,7-8,10-11,15,20,23H,6,9,12-14,16H2,1-2H3. The molecule has 1 heterocycles. The second-order valence-corrected chi connectivity index (χ2v) is 9.12. The first-order valence-corrected chi connectivity index (χ1v) is 11.4. The van der Waals surface area contributed by atoms with E-state index in [1.165, 1.54) is 0 Å². The van der Waals surface area contributed by atoms with Gasteiger partial charge in [-0.2, -0.15) is 0 Å². The summed E-state index contributed by atoms with van der Waals surface area (Å²) in [6.45, 7) is 5.47. The second-order valence-electron chi connectivity index (χ2n) is 7.38. The van der Waals surface area contributed by atoms with E-state index in [0.717, 1.165) is 11.1 Å². The van der Waals surface area contributed by atoms with Gasteiger partial charge >= 0.3 is 0 Å². The minimum Gasteiger partial charge on any atom is -0.370 e. The van der Waals surface area contributed by atoms with Crippen LogP contribution in [0.2, 0.25) is 0 Å². The first kappa shape index (κ1) is 21.5. The van der Waals surface area contributed by atoms with E-state index < -0.39 is 10.0 Å². The highest BCUT2D eigenvalue weighted by Crippen LogP contribution is 2.22. The lowest BCUT2D eigenvalue weighted by molar-refractivity contribution is -0.139. The van der Waals surface area contributed by atoms with Gasteiger partial charge in [0.2, 0.25) is 15.9 Å². The van der Waals surface area contributed by atoms with Crippen molar-refractivity contribution in [1.82, 2.24) is 9.62 Å². The van der Waals surface area contributed by atoms with Crippen LogP contribution in [0.3, 0.4) is 0 Å². The molecule has 0 saturated carbocycles. The Kier molecular flexibility index (Phi) is 7.05. The lowest BCUT2D eigenvalue weighted by atomic mass is 10.1. The molecule has 2 aromatic carbocycles. The molecule has 6 nitrogen and oxygen atoms in total. The Balaban J connectivity index is 1.49. The van der Waals surface area contributed by atoms with E-state index in [4.69, 9.17) is 4.74 Å². The molecule has 1 saturated heterocycles. The van der Waals surface area contributed by atoms with Crippen LogP contribution < -0.4 is 4.72 Å². The highest BCUT2D eigenvalue weighted by atomic mass is 32.2. The summed E-state index contributed by atoms with van der Waals surface area (Å²) >= 11 is 0. The predicted octanol–water partition coefficient (Wildman–Crippen LogP) is 2.96. The maximum Gasteiger partial charge on any atom is 0.240 e. The topological polar surface area (TPSA) is 75.7 Å². The highest BCUT2D eigenvalue weighted by Gasteiger charge is 2.25. The summed E-state index contributed by atoms with van der Waals surface area (Å²) in [5.74, 6) is 0.0279. The van der Waals surface area contributed by atoms with E-state index in [1.807, 2.05) is 43.3 Å². The summed E-state index contributed by atoms with van der Waals surface area (Å²) in [4.78, 5) is 14.7. The maximum absolute atomic E-state index is 12.6. The zero-order valence-electron chi connectivity index (χ0n) is 16.9. The molecule has 7 heteroatoms. The van der Waals surface area contributed by atoms with Crippen LogP contribution in [0.1, 0.15) is 35.6 Å². The summed E-state index contributed by atoms with van der Waals surface area (Å²) in [5.41, 5.74) is 2.66. The molecule has 0 aromatic heterocycles. The molecule has 0 bridgehead atoms. The van der Waals surface area contributed by atoms with Crippen molar-refractivity contribution >= 4 is 15.9 Å². The molecule has 1 fully saturated rings. The van der Waals surface area contributed by atoms with Crippen LogP contribution >= 0.6 is 0 Å². The normalized spacial score (nSPS) is 17.3. The van der Waals surface area contributed by atoms with Crippen molar-refractivity contribution in [2.24, 2.45) is 0 Å². The van der Waals surface area contributed by atoms with Gasteiger partial charge in [0.25, 0.3) is 0 Å². The van der Waals surface area contributed by atoms with Gasteiger partial charge in [-0.3, -0.25) is 4.79 Å². The van der Waals surface area contributed by atoms with Crippen molar-refractivity contribution in [3.63, 3.8) is 0 Å². The number of sulfonamides is 1. The molecule has 2 aromatic rings. The number of carbonyl (C=O) groups is 1. The number of nitrogens with zero attached hydrogens (tertiary/aromatic N) is 1. The zero-order valence-corrected chi connectivity index (χ0v) is 17.7. The van der Waals surface area contributed by atoms with Crippen molar-refractivity contribution in [1.29, 1.82) is 0 Å². The minimum absolute atomic E-state index is 0.0279. The van der Waals surface area contributed by atoms with E-state index in [1.54, 1.807) is 24.0 Å². The van der Waals surface area contributed by atoms with Crippen molar-refractivity contribution in [3.05, 3.63) is 65.2 Å². The van der Waals surface area contributed by atoms with Gasteiger partial charge in [-0.25, -0.2) is 13.1 Å². The van der Waals surface area contributed by atoms with Crippen molar-refractivity contribution in [2.45, 2.75) is 37.7 Å². The molecule has 156 valence electrons. The van der Waals surface area contributed by atoms with Crippen LogP contribution in [-0.4, -0.2) is 45.5 Å². The van der Waals surface area contributed by atoms with Gasteiger partial charge in [0.15, 0.2) is 0 Å². The molecular formula is C22H28N2O4S. The van der Waals surface area contributed by atoms with Gasteiger partial charge in [0.05, 0.1) is 18.0 Å². The number of hydrogen-bond donors (Lipinski definition) is 1. The SMILES string of the molecule is Cc1ccc(C)c(S(=O)(=O)NCCCC(=O)N2CCOC(c3ccccc3)C2)c1. The van der Waals surface area contributed by atoms with Crippen molar-refractivity contribution < 1.29 is 17.9 Å². The van der Waals surface area contributed by atoms with Crippen LogP contribution in [0, 0.1) is 13.8 Å². The monoisotopic (exact) mass is 416 g/mol. The van der Waals surface area contributed by atoms with Gasteiger partial charge in [-0.05, 0) is 43.0 Å². The van der Waals surface area contributed by atoms with E-state index in [2.05, 4.69) is 4.72 Å². The van der Waals surface area contributed by atoms with E-state index in [0.29, 0.717) is 43.0 Å². The number of morpholine rings is 1. The Morgan fingerprint density at radius 2 is 1.93 bits per heavy atom. The van der Waals surface area contributed by atoms with E-state index in [-0.39, 0.29) is 18.6 Å². The Hall–Kier alpha value is -2.22. The van der Waals surface area contributed by atoms with Crippen LogP contribution in [0.4, 0.5) is 0 Å². The molecule has 1 unspecified atom stereocenters. The Labute approximate surface area is 172 Å². The molecule has 1 atom stereocenters. The van der Waals surface area contributed by atoms with E-state index in [9.17, 15) is 13.2 Å². The van der Waals surface area contributed by atoms with Crippen LogP contribution in [0.15, 0.2) is 53.4 Å². The third-order valence-corrected chi connectivity index (χ3v) is 6.69. The number of aryl methyl sites for hydroxylation is 2. The Bertz CT molecular complexity index is 945. The minimum atomic E-state index is -3.58. The summed E-state index contributed by atoms with van der Waals surface area (Å²) in [6.07, 6.45) is 0.643. The summed E-state index contributed by atoms with van der Waals surface area (Å²) in [5, 5.41) is 0. The summed E-state index contributed by atoms with van der Waals surface area (Å²) in [7, 11) is -3.58. The largest absolute Gasteiger partial charge is 0.370 e. The van der Waals surface area contributed by atoms with Gasteiger partial charge in [0, 0.05) is 19.5 Å². The van der Waals surface area contributed by atoms with Crippen LogP contribution in [0.25, 0.3) is 0 Å². The molecular weight excluding hydrogens is 388 g/mol. The average Bonchev–Trinajstić information content (AvgIpc) is 2.73. The van der Waals surface area contributed by atoms with Crippen molar-refractivity contribution in [2.75, 3.05) is 26.2 Å². The fourth-order valence-corrected chi connectivity index (χ4v) is 4.83. The van der Waals surface area contributed by atoms with Gasteiger partial charge in [-0.1, -0.05) is 42.5 Å². The summed E-state index contributed by atoms with van der Waals surface area (Å²) < 4.78 is 33.5. The second kappa shape index (κ2) is 9.52. The Morgan fingerprint density at radius 3 is 2.69 bits per heavy atom. The first-order chi connectivity index (χ1) is 13.9. The zero-order chi connectivity index (χ0) is 20.9. The molecule has 1 aliphatic rings. The third kappa shape index (κ3) is 5.65. The number of ether oxygens (including phenoxy) is 1. The fraction of sp³-hybridized carbons (Fsp3) is 0.409. The molecule has 0 spiro atoms. The third-order valence-electron chi connectivity index (χ3n) is 5.08. The molecule has 29 heavy (non-hydrogen) atoms. The van der Waals surface area contributed by atoms with E-state index >= 15 is 0 Å². The summed E-state index contributed by atoms with van der Waals surface area (Å²) in [6, 6.07) is 15.2. The molecule has 1 amide bonds. The average molecular weight is 417 g/mol. The van der Waals surface area contributed by atoms with Crippen LogP contribution in [0.5, 0.6) is 0 Å². The number of carbonyl (C=O) groups excluding carboxylic acids is 1. The molecule has 1 N–H and O–H groups in total. The fourth-order valence-electron chi connectivity index (χ4n) is 3.42. The molecule has 3 rings (SSSR count). The molecule has 1 aliphatic heterocycles. The number of rotatable bonds is 7. The number of amides is 1. The quantitative estimate of drug-likeness (QED) is 0.704. The van der Waals surface area contributed by atoms with Crippen molar-refractivity contribution in [3.8, 4) is 0 Å². The van der Waals surface area contributed by atoms with Crippen LogP contribution in [-0.2, 0) is 19.6 Å². The maximum atomic E-state index is 12.6.